The number of amides is 2. The summed E-state index contributed by atoms with van der Waals surface area (Å²) in [5.74, 6) is -8.54. The molecule has 18 heteroatoms. The minimum Gasteiger partial charge on any atom is -0.748 e. The van der Waals surface area contributed by atoms with Gasteiger partial charge in [-0.2, -0.15) is 39.5 Å². The Morgan fingerprint density at radius 2 is 1.36 bits per heavy atom. The van der Waals surface area contributed by atoms with Crippen molar-refractivity contribution in [2.75, 3.05) is 10.7 Å². The largest absolute Gasteiger partial charge is 0.748 e. The summed E-state index contributed by atoms with van der Waals surface area (Å²) in [6.07, 6.45) is -19.3. The van der Waals surface area contributed by atoms with E-state index in [0.717, 1.165) is 13.8 Å². The van der Waals surface area contributed by atoms with E-state index in [9.17, 15) is 66.9 Å². The normalized spacial score (nSPS) is 16.2. The number of carbonyl (C=O) groups is 3. The molecule has 200 valence electrons. The number of anilines is 1. The van der Waals surface area contributed by atoms with Gasteiger partial charge in [-0.3, -0.25) is 9.59 Å². The van der Waals surface area contributed by atoms with Gasteiger partial charge < -0.3 is 9.29 Å². The van der Waals surface area contributed by atoms with Gasteiger partial charge >= 0.3 is 30.1 Å². The van der Waals surface area contributed by atoms with Crippen LogP contribution in [0.2, 0.25) is 0 Å². The highest BCUT2D eigenvalue weighted by Gasteiger charge is 2.75. The molecule has 1 aliphatic heterocycles. The first kappa shape index (κ1) is 29.1. The van der Waals surface area contributed by atoms with Crippen molar-refractivity contribution in [3.63, 3.8) is 0 Å². The van der Waals surface area contributed by atoms with Crippen LogP contribution in [0.3, 0.4) is 0 Å². The fourth-order valence-electron chi connectivity index (χ4n) is 3.00. The molecule has 8 nitrogen and oxygen atoms in total. The zero-order chi connectivity index (χ0) is 28.2. The van der Waals surface area contributed by atoms with Crippen LogP contribution >= 0.6 is 0 Å². The van der Waals surface area contributed by atoms with Gasteiger partial charge in [-0.1, -0.05) is 0 Å². The number of hydrogen-bond donors (Lipinski definition) is 0. The predicted octanol–water partition coefficient (Wildman–Crippen LogP) is 3.48. The smallest absolute Gasteiger partial charge is 0.438 e. The summed E-state index contributed by atoms with van der Waals surface area (Å²) in [6.45, 7) is 2.31. The molecular weight excluding hydrogens is 545 g/mol. The Bertz CT molecular complexity index is 1220. The van der Waals surface area contributed by atoms with Crippen molar-refractivity contribution in [1.29, 1.82) is 0 Å². The molecule has 0 spiro atoms. The summed E-state index contributed by atoms with van der Waals surface area (Å²) in [4.78, 5) is 36.8. The zero-order valence-corrected chi connectivity index (χ0v) is 18.4. The monoisotopic (exact) mass is 556 g/mol. The first-order chi connectivity index (χ1) is 15.9. The topological polar surface area (TPSA) is 121 Å². The van der Waals surface area contributed by atoms with Crippen LogP contribution in [0.5, 0.6) is 0 Å². The second-order valence-corrected chi connectivity index (χ2v) is 8.74. The third-order valence-corrected chi connectivity index (χ3v) is 5.72. The second kappa shape index (κ2) is 8.75. The Morgan fingerprint density at radius 1 is 0.917 bits per heavy atom. The Balaban J connectivity index is 2.69. The molecule has 0 fully saturated rings. The third kappa shape index (κ3) is 5.18. The molecular formula is C18H11F9NO7S-. The van der Waals surface area contributed by atoms with Gasteiger partial charge in [0.1, 0.15) is 0 Å². The van der Waals surface area contributed by atoms with Crippen LogP contribution in [0, 0.1) is 0 Å². The number of benzene rings is 1. The van der Waals surface area contributed by atoms with Gasteiger partial charge in [0.2, 0.25) is 0 Å². The molecule has 0 saturated carbocycles. The molecule has 0 bridgehead atoms. The van der Waals surface area contributed by atoms with E-state index in [1.807, 2.05) is 0 Å². The number of alkyl halides is 9. The number of nitrogens with zero attached hydrogens (tertiary/aromatic N) is 1. The maximum atomic E-state index is 13.6. The lowest BCUT2D eigenvalue weighted by atomic mass is 10.0. The molecule has 0 radical (unpaired) electrons. The Kier molecular flexibility index (Phi) is 7.07. The molecule has 0 saturated heterocycles. The first-order valence-corrected chi connectivity index (χ1v) is 10.6. The van der Waals surface area contributed by atoms with Gasteiger partial charge in [0, 0.05) is 11.1 Å². The molecule has 1 aliphatic rings. The Morgan fingerprint density at radius 3 is 1.72 bits per heavy atom. The van der Waals surface area contributed by atoms with Crippen molar-refractivity contribution >= 4 is 33.6 Å². The van der Waals surface area contributed by atoms with Crippen molar-refractivity contribution < 1.29 is 71.6 Å². The molecule has 0 unspecified atom stereocenters. The average molecular weight is 556 g/mol. The van der Waals surface area contributed by atoms with Crippen molar-refractivity contribution in [2.24, 2.45) is 0 Å². The van der Waals surface area contributed by atoms with Gasteiger partial charge in [0.05, 0.1) is 32.7 Å². The molecule has 36 heavy (non-hydrogen) atoms. The molecule has 2 rings (SSSR count). The maximum absolute atomic E-state index is 13.6. The molecule has 0 aliphatic carbocycles. The first-order valence-electron chi connectivity index (χ1n) is 9.02. The van der Waals surface area contributed by atoms with E-state index in [4.69, 9.17) is 0 Å². The Labute approximate surface area is 195 Å². The average Bonchev–Trinajstić information content (AvgIpc) is 2.86. The summed E-state index contributed by atoms with van der Waals surface area (Å²) in [5.41, 5.74) is -11.4. The number of halogens is 9. The van der Waals surface area contributed by atoms with Gasteiger partial charge in [-0.05, 0) is 32.0 Å². The third-order valence-electron chi connectivity index (χ3n) is 4.96. The summed E-state index contributed by atoms with van der Waals surface area (Å²) in [6, 6.07) is 0.374. The standard InChI is InChI=1S/C18H12F9NO7S/c1-7-8(2)13(30)28(12(7)29)9-3-4-10(11(5-9)16(19,20)21)14(31)35-15(17(22,23)24,18(25,26)27)6-36(32,33)34/h3-5H,6H2,1-2H3,(H,32,33,34)/p-1. The van der Waals surface area contributed by atoms with Crippen LogP contribution in [0.1, 0.15) is 29.8 Å². The van der Waals surface area contributed by atoms with Crippen LogP contribution in [0.25, 0.3) is 0 Å². The Hall–Kier alpha value is -3.15. The number of hydrogen-bond acceptors (Lipinski definition) is 7. The molecule has 2 amide bonds. The summed E-state index contributed by atoms with van der Waals surface area (Å²) >= 11 is 0. The van der Waals surface area contributed by atoms with Gasteiger partial charge in [0.25, 0.3) is 11.8 Å². The van der Waals surface area contributed by atoms with Crippen molar-refractivity contribution in [2.45, 2.75) is 38.0 Å². The van der Waals surface area contributed by atoms with E-state index in [2.05, 4.69) is 4.74 Å². The highest BCUT2D eigenvalue weighted by Crippen LogP contribution is 2.48. The van der Waals surface area contributed by atoms with Gasteiger partial charge in [0.15, 0.2) is 0 Å². The van der Waals surface area contributed by atoms with Crippen LogP contribution in [0.4, 0.5) is 45.2 Å². The molecule has 1 aromatic carbocycles. The maximum Gasteiger partial charge on any atom is 0.438 e. The highest BCUT2D eigenvalue weighted by molar-refractivity contribution is 7.85. The van der Waals surface area contributed by atoms with E-state index in [-0.39, 0.29) is 28.2 Å². The van der Waals surface area contributed by atoms with Gasteiger partial charge in [-0.25, -0.2) is 18.1 Å². The second-order valence-electron chi connectivity index (χ2n) is 7.34. The quantitative estimate of drug-likeness (QED) is 0.236. The number of imide groups is 1. The lowest BCUT2D eigenvalue weighted by Gasteiger charge is -2.37. The van der Waals surface area contributed by atoms with Crippen molar-refractivity contribution in [3.05, 3.63) is 40.5 Å². The van der Waals surface area contributed by atoms with E-state index >= 15 is 0 Å². The zero-order valence-electron chi connectivity index (χ0n) is 17.6. The molecule has 0 atom stereocenters. The minimum absolute atomic E-state index is 0.0211. The van der Waals surface area contributed by atoms with Crippen LogP contribution in [-0.2, 0) is 30.6 Å². The lowest BCUT2D eigenvalue weighted by molar-refractivity contribution is -0.356. The predicted molar refractivity (Wildman–Crippen MR) is 97.1 cm³/mol. The molecule has 1 heterocycles. The number of carbonyl (C=O) groups excluding carboxylic acids is 3. The molecule has 0 N–H and O–H groups in total. The van der Waals surface area contributed by atoms with E-state index in [1.165, 1.54) is 0 Å². The minimum atomic E-state index is -6.81. The van der Waals surface area contributed by atoms with E-state index in [1.54, 1.807) is 0 Å². The van der Waals surface area contributed by atoms with Gasteiger partial charge in [-0.15, -0.1) is 0 Å². The summed E-state index contributed by atoms with van der Waals surface area (Å²) in [7, 11) is -6.43. The summed E-state index contributed by atoms with van der Waals surface area (Å²) in [5, 5.41) is 0. The SMILES string of the molecule is CC1=C(C)C(=O)N(c2ccc(C(=O)OC(CS(=O)(=O)[O-])(C(F)(F)F)C(F)(F)F)c(C(F)(F)F)c2)C1=O. The van der Waals surface area contributed by atoms with Crippen LogP contribution in [-0.4, -0.2) is 54.5 Å². The number of ether oxygens (including phenoxy) is 1. The van der Waals surface area contributed by atoms with Crippen molar-refractivity contribution in [1.82, 2.24) is 0 Å². The van der Waals surface area contributed by atoms with Crippen LogP contribution < -0.4 is 4.90 Å². The summed E-state index contributed by atoms with van der Waals surface area (Å²) < 4.78 is 156. The molecule has 1 aromatic rings. The van der Waals surface area contributed by atoms with E-state index in [0.29, 0.717) is 6.07 Å². The van der Waals surface area contributed by atoms with Crippen LogP contribution in [0.15, 0.2) is 29.3 Å². The number of rotatable bonds is 5. The van der Waals surface area contributed by atoms with E-state index < -0.39 is 74.6 Å². The van der Waals surface area contributed by atoms with Crippen molar-refractivity contribution in [3.8, 4) is 0 Å². The fraction of sp³-hybridized carbons (Fsp3) is 0.389. The molecule has 0 aromatic heterocycles. The lowest BCUT2D eigenvalue weighted by Crippen LogP contribution is -2.63. The number of esters is 1. The fourth-order valence-corrected chi connectivity index (χ4v) is 3.88. The highest BCUT2D eigenvalue weighted by atomic mass is 32.2.